The van der Waals surface area contributed by atoms with Gasteiger partial charge >= 0.3 is 12.2 Å². The van der Waals surface area contributed by atoms with Crippen molar-refractivity contribution in [3.63, 3.8) is 0 Å². The zero-order chi connectivity index (χ0) is 32.2. The largest absolute Gasteiger partial charge is 0.481 e. The molecule has 0 aliphatic carbocycles. The van der Waals surface area contributed by atoms with E-state index >= 15 is 4.39 Å². The molecule has 0 fully saturated rings. The minimum absolute atomic E-state index is 0.139. The van der Waals surface area contributed by atoms with Gasteiger partial charge in [0.25, 0.3) is 5.91 Å². The number of carbonyl (C=O) groups is 3. The van der Waals surface area contributed by atoms with Gasteiger partial charge in [-0.15, -0.1) is 0 Å². The Hall–Kier alpha value is -4.41. The Morgan fingerprint density at radius 3 is 1.80 bits per heavy atom. The van der Waals surface area contributed by atoms with Crippen LogP contribution in [-0.2, 0) is 9.47 Å². The van der Waals surface area contributed by atoms with E-state index in [1.807, 2.05) is 47.6 Å². The highest BCUT2D eigenvalue weighted by Crippen LogP contribution is 2.31. The van der Waals surface area contributed by atoms with Crippen molar-refractivity contribution in [3.8, 4) is 5.88 Å². The molecule has 0 saturated carbocycles. The minimum atomic E-state index is -0.591. The molecule has 10 nitrogen and oxygen atoms in total. The first-order valence-corrected chi connectivity index (χ1v) is 14.6. The molecule has 11 heteroatoms. The van der Waals surface area contributed by atoms with Gasteiger partial charge in [-0.25, -0.2) is 14.0 Å². The molecule has 0 radical (unpaired) electrons. The molecule has 0 spiro atoms. The number of hydrogen-bond donors (Lipinski definition) is 1. The molecule has 3 amide bonds. The number of rotatable bonds is 5. The molecule has 2 aliphatic rings. The summed E-state index contributed by atoms with van der Waals surface area (Å²) in [6.45, 7) is 12.5. The molecule has 0 atom stereocenters. The number of nitrogens with one attached hydrogen (secondary N) is 1. The first-order valence-electron chi connectivity index (χ1n) is 14.6. The first kappa shape index (κ1) is 32.5. The molecule has 1 aromatic carbocycles. The predicted molar refractivity (Wildman–Crippen MR) is 166 cm³/mol. The zero-order valence-electron chi connectivity index (χ0n) is 26.5. The Kier molecular flexibility index (Phi) is 9.66. The molecule has 0 bridgehead atoms. The molecular weight excluding hydrogens is 567 g/mol. The van der Waals surface area contributed by atoms with Crippen molar-refractivity contribution >= 4 is 35.1 Å². The van der Waals surface area contributed by atoms with Crippen LogP contribution in [0.2, 0.25) is 0 Å². The summed E-state index contributed by atoms with van der Waals surface area (Å²) in [7, 11) is 1.49. The van der Waals surface area contributed by atoms with Crippen LogP contribution in [0.25, 0.3) is 11.1 Å². The van der Waals surface area contributed by atoms with E-state index in [4.69, 9.17) is 14.2 Å². The maximum atomic E-state index is 15.1. The van der Waals surface area contributed by atoms with Crippen LogP contribution >= 0.6 is 0 Å². The van der Waals surface area contributed by atoms with Gasteiger partial charge < -0.3 is 29.3 Å². The van der Waals surface area contributed by atoms with Gasteiger partial charge in [0.1, 0.15) is 22.8 Å². The number of methoxy groups -OCH3 is 1. The average Bonchev–Trinajstić information content (AvgIpc) is 2.95. The van der Waals surface area contributed by atoms with Crippen molar-refractivity contribution in [2.24, 2.45) is 0 Å². The van der Waals surface area contributed by atoms with Crippen LogP contribution in [0.4, 0.5) is 19.8 Å². The van der Waals surface area contributed by atoms with Gasteiger partial charge in [-0.3, -0.25) is 4.79 Å². The number of amides is 3. The molecule has 1 aromatic heterocycles. The lowest BCUT2D eigenvalue weighted by Crippen LogP contribution is -2.39. The van der Waals surface area contributed by atoms with Crippen molar-refractivity contribution in [2.45, 2.75) is 65.6 Å². The van der Waals surface area contributed by atoms with E-state index in [2.05, 4.69) is 10.3 Å². The quantitative estimate of drug-likeness (QED) is 0.411. The van der Waals surface area contributed by atoms with Gasteiger partial charge in [-0.05, 0) is 89.8 Å². The lowest BCUT2D eigenvalue weighted by atomic mass is 9.97. The second kappa shape index (κ2) is 13.1. The Morgan fingerprint density at radius 1 is 0.818 bits per heavy atom. The van der Waals surface area contributed by atoms with Crippen LogP contribution in [0.15, 0.2) is 42.5 Å². The summed E-state index contributed by atoms with van der Waals surface area (Å²) in [6, 6.07) is 7.79. The third kappa shape index (κ3) is 8.36. The molecule has 1 N–H and O–H groups in total. The fraction of sp³-hybridized carbons (Fsp3) is 0.455. The van der Waals surface area contributed by atoms with E-state index in [0.717, 1.165) is 16.7 Å². The van der Waals surface area contributed by atoms with E-state index in [-0.39, 0.29) is 17.5 Å². The zero-order valence-corrected chi connectivity index (χ0v) is 26.5. The van der Waals surface area contributed by atoms with Gasteiger partial charge in [0.2, 0.25) is 5.88 Å². The van der Waals surface area contributed by atoms with Crippen molar-refractivity contribution in [3.05, 3.63) is 65.0 Å². The van der Waals surface area contributed by atoms with Gasteiger partial charge in [-0.1, -0.05) is 18.2 Å². The van der Waals surface area contributed by atoms with Crippen LogP contribution in [0.3, 0.4) is 0 Å². The average molecular weight is 609 g/mol. The monoisotopic (exact) mass is 608 g/mol. The molecule has 2 aliphatic heterocycles. The summed E-state index contributed by atoms with van der Waals surface area (Å²) < 4.78 is 31.5. The van der Waals surface area contributed by atoms with Crippen molar-refractivity contribution in [1.29, 1.82) is 0 Å². The normalized spacial score (nSPS) is 15.6. The third-order valence-electron chi connectivity index (χ3n) is 6.94. The molecule has 0 unspecified atom stereocenters. The summed E-state index contributed by atoms with van der Waals surface area (Å²) in [4.78, 5) is 45.4. The molecule has 3 heterocycles. The smallest absolute Gasteiger partial charge is 0.410 e. The number of anilines is 1. The number of hydrogen-bond acceptors (Lipinski definition) is 7. The number of nitrogens with zero attached hydrogens (tertiary/aromatic N) is 3. The van der Waals surface area contributed by atoms with Crippen LogP contribution in [0, 0.1) is 5.82 Å². The Labute approximate surface area is 257 Å². The van der Waals surface area contributed by atoms with E-state index in [1.165, 1.54) is 13.2 Å². The highest BCUT2D eigenvalue weighted by atomic mass is 19.1. The highest BCUT2D eigenvalue weighted by Gasteiger charge is 2.26. The summed E-state index contributed by atoms with van der Waals surface area (Å²) >= 11 is 0. The molecule has 0 saturated heterocycles. The summed E-state index contributed by atoms with van der Waals surface area (Å²) in [5, 5.41) is 2.71. The Morgan fingerprint density at radius 2 is 1.34 bits per heavy atom. The molecule has 44 heavy (non-hydrogen) atoms. The lowest BCUT2D eigenvalue weighted by Gasteiger charge is -2.29. The van der Waals surface area contributed by atoms with Gasteiger partial charge in [0.05, 0.1) is 7.11 Å². The second-order valence-electron chi connectivity index (χ2n) is 12.7. The maximum absolute atomic E-state index is 15.1. The van der Waals surface area contributed by atoms with Crippen LogP contribution in [-0.4, -0.2) is 77.4 Å². The van der Waals surface area contributed by atoms with Crippen molar-refractivity contribution in [1.82, 2.24) is 14.8 Å². The topological polar surface area (TPSA) is 110 Å². The van der Waals surface area contributed by atoms with Crippen LogP contribution in [0.5, 0.6) is 5.88 Å². The standard InChI is InChI=1S/C33H41FN4O6/c1-32(2,3)43-30(40)37-16-12-21(13-17-37)24-9-8-23(20-26(24)34)28(39)35-27-11-10-25(29(36-27)42-7)22-14-18-38(19-15-22)31(41)44-33(4,5)6/h8-12,14,20H,13,15-19H2,1-7H3,(H,35,36,39). The number of pyridine rings is 1. The van der Waals surface area contributed by atoms with Gasteiger partial charge in [-0.2, -0.15) is 4.98 Å². The first-order chi connectivity index (χ1) is 20.6. The summed E-state index contributed by atoms with van der Waals surface area (Å²) in [5.41, 5.74) is 1.86. The van der Waals surface area contributed by atoms with Gasteiger partial charge in [0, 0.05) is 42.9 Å². The lowest BCUT2D eigenvalue weighted by molar-refractivity contribution is 0.0260. The number of benzene rings is 1. The fourth-order valence-corrected chi connectivity index (χ4v) is 4.83. The van der Waals surface area contributed by atoms with Crippen LogP contribution < -0.4 is 10.1 Å². The second-order valence-corrected chi connectivity index (χ2v) is 12.7. The third-order valence-corrected chi connectivity index (χ3v) is 6.94. The Bertz CT molecular complexity index is 1490. The summed E-state index contributed by atoms with van der Waals surface area (Å²) in [5.74, 6) is -0.466. The number of carbonyl (C=O) groups excluding carboxylic acids is 3. The molecule has 236 valence electrons. The van der Waals surface area contributed by atoms with Crippen LogP contribution in [0.1, 0.15) is 75.9 Å². The maximum Gasteiger partial charge on any atom is 0.410 e. The molecule has 2 aromatic rings. The molecular formula is C33H41FN4O6. The van der Waals surface area contributed by atoms with E-state index < -0.39 is 29.0 Å². The van der Waals surface area contributed by atoms with E-state index in [1.54, 1.807) is 40.1 Å². The number of halogens is 1. The minimum Gasteiger partial charge on any atom is -0.481 e. The van der Waals surface area contributed by atoms with E-state index in [9.17, 15) is 14.4 Å². The molecule has 4 rings (SSSR count). The Balaban J connectivity index is 1.40. The number of ether oxygens (including phenoxy) is 3. The summed E-state index contributed by atoms with van der Waals surface area (Å²) in [6.07, 6.45) is 4.03. The van der Waals surface area contributed by atoms with Gasteiger partial charge in [0.15, 0.2) is 0 Å². The fourth-order valence-electron chi connectivity index (χ4n) is 4.83. The number of aromatic nitrogens is 1. The van der Waals surface area contributed by atoms with Crippen molar-refractivity contribution < 1.29 is 33.0 Å². The SMILES string of the molecule is COc1nc(NC(=O)c2ccc(C3=CCN(C(=O)OC(C)(C)C)CC3)c(F)c2)ccc1C1=CCN(C(=O)OC(C)(C)C)CC1. The van der Waals surface area contributed by atoms with Crippen molar-refractivity contribution in [2.75, 3.05) is 38.6 Å². The highest BCUT2D eigenvalue weighted by molar-refractivity contribution is 6.04. The predicted octanol–water partition coefficient (Wildman–Crippen LogP) is 6.53. The van der Waals surface area contributed by atoms with E-state index in [0.29, 0.717) is 50.5 Å².